The van der Waals surface area contributed by atoms with E-state index < -0.39 is 0 Å². The Morgan fingerprint density at radius 3 is 1.82 bits per heavy atom. The van der Waals surface area contributed by atoms with Gasteiger partial charge in [0.1, 0.15) is 0 Å². The standard InChI is InChI=1S/C8H19N.ClH.Cu/c1-2-3-4-5-6-7-8-9;;/h2-9H2,1H3;1H;/q;;+1/p-1. The van der Waals surface area contributed by atoms with Gasteiger partial charge in [0, 0.05) is 0 Å². The molecule has 1 nitrogen and oxygen atoms in total. The van der Waals surface area contributed by atoms with Crippen molar-refractivity contribution < 1.29 is 29.5 Å². The summed E-state index contributed by atoms with van der Waals surface area (Å²) in [6.07, 6.45) is 8.05. The van der Waals surface area contributed by atoms with Crippen LogP contribution >= 0.6 is 0 Å². The van der Waals surface area contributed by atoms with Crippen LogP contribution in [0.5, 0.6) is 0 Å². The van der Waals surface area contributed by atoms with Gasteiger partial charge in [0.2, 0.25) is 0 Å². The van der Waals surface area contributed by atoms with Crippen LogP contribution in [0, 0.1) is 0 Å². The van der Waals surface area contributed by atoms with E-state index in [1.54, 1.807) is 0 Å². The average Bonchev–Trinajstić information content (AvgIpc) is 1.89. The molecule has 0 aromatic rings. The fraction of sp³-hybridized carbons (Fsp3) is 1.00. The van der Waals surface area contributed by atoms with Crippen molar-refractivity contribution in [1.82, 2.24) is 0 Å². The van der Waals surface area contributed by atoms with Crippen LogP contribution in [-0.4, -0.2) is 6.54 Å². The van der Waals surface area contributed by atoms with E-state index in [9.17, 15) is 0 Å². The molecule has 0 unspecified atom stereocenters. The van der Waals surface area contributed by atoms with Crippen molar-refractivity contribution in [2.24, 2.45) is 5.73 Å². The minimum atomic E-state index is 0. The number of rotatable bonds is 6. The Morgan fingerprint density at radius 2 is 1.36 bits per heavy atom. The third-order valence-corrected chi connectivity index (χ3v) is 1.56. The van der Waals surface area contributed by atoms with Crippen molar-refractivity contribution in [3.05, 3.63) is 0 Å². The second kappa shape index (κ2) is 17.0. The molecule has 0 aliphatic carbocycles. The largest absolute Gasteiger partial charge is 1.00 e. The molecule has 2 N–H and O–H groups in total. The molecular formula is C8H19ClCuN. The SMILES string of the molecule is CCCCCCCCN.[Cl-].[Cu+]. The zero-order chi connectivity index (χ0) is 6.95. The molecule has 0 rings (SSSR count). The number of hydrogen-bond acceptors (Lipinski definition) is 1. The van der Waals surface area contributed by atoms with Gasteiger partial charge in [-0.1, -0.05) is 39.0 Å². The molecule has 0 amide bonds. The van der Waals surface area contributed by atoms with Crippen molar-refractivity contribution in [2.45, 2.75) is 45.4 Å². The van der Waals surface area contributed by atoms with Gasteiger partial charge >= 0.3 is 17.1 Å². The van der Waals surface area contributed by atoms with Gasteiger partial charge in [-0.3, -0.25) is 0 Å². The van der Waals surface area contributed by atoms with Crippen LogP contribution in [0.4, 0.5) is 0 Å². The zero-order valence-electron chi connectivity index (χ0n) is 7.21. The molecule has 0 saturated carbocycles. The van der Waals surface area contributed by atoms with Gasteiger partial charge < -0.3 is 18.1 Å². The Morgan fingerprint density at radius 1 is 0.909 bits per heavy atom. The Hall–Kier alpha value is 0.769. The van der Waals surface area contributed by atoms with Crippen LogP contribution in [0.2, 0.25) is 0 Å². The fourth-order valence-electron chi connectivity index (χ4n) is 0.925. The maximum absolute atomic E-state index is 5.34. The molecular weight excluding hydrogens is 209 g/mol. The number of unbranched alkanes of at least 4 members (excludes halogenated alkanes) is 5. The van der Waals surface area contributed by atoms with Gasteiger partial charge in [-0.15, -0.1) is 0 Å². The average molecular weight is 228 g/mol. The third-order valence-electron chi connectivity index (χ3n) is 1.56. The topological polar surface area (TPSA) is 26.0 Å². The summed E-state index contributed by atoms with van der Waals surface area (Å²) in [5, 5.41) is 0. The summed E-state index contributed by atoms with van der Waals surface area (Å²) < 4.78 is 0. The van der Waals surface area contributed by atoms with Crippen LogP contribution in [0.25, 0.3) is 0 Å². The van der Waals surface area contributed by atoms with Crippen LogP contribution in [0.1, 0.15) is 45.4 Å². The van der Waals surface area contributed by atoms with E-state index in [4.69, 9.17) is 5.73 Å². The van der Waals surface area contributed by atoms with Crippen molar-refractivity contribution >= 4 is 0 Å². The smallest absolute Gasteiger partial charge is 1.00 e. The molecule has 0 spiro atoms. The van der Waals surface area contributed by atoms with Gasteiger partial charge in [-0.05, 0) is 13.0 Å². The van der Waals surface area contributed by atoms with Crippen LogP contribution in [0.3, 0.4) is 0 Å². The molecule has 74 valence electrons. The minimum absolute atomic E-state index is 0. The first-order chi connectivity index (χ1) is 4.41. The summed E-state index contributed by atoms with van der Waals surface area (Å²) >= 11 is 0. The Kier molecular flexibility index (Phi) is 27.5. The molecule has 0 aliphatic rings. The van der Waals surface area contributed by atoms with E-state index in [0.717, 1.165) is 6.54 Å². The Labute approximate surface area is 87.4 Å². The van der Waals surface area contributed by atoms with Crippen LogP contribution in [0.15, 0.2) is 0 Å². The second-order valence-corrected chi connectivity index (χ2v) is 2.56. The van der Waals surface area contributed by atoms with Gasteiger partial charge in [0.25, 0.3) is 0 Å². The predicted octanol–water partition coefficient (Wildman–Crippen LogP) is -0.693. The Balaban J connectivity index is -0.000000320. The minimum Gasteiger partial charge on any atom is -1.00 e. The summed E-state index contributed by atoms with van der Waals surface area (Å²) in [5.74, 6) is 0. The molecule has 11 heavy (non-hydrogen) atoms. The summed E-state index contributed by atoms with van der Waals surface area (Å²) in [6.45, 7) is 3.11. The van der Waals surface area contributed by atoms with E-state index >= 15 is 0 Å². The third kappa shape index (κ3) is 18.1. The number of nitrogens with two attached hydrogens (primary N) is 1. The molecule has 0 atom stereocenters. The van der Waals surface area contributed by atoms with Crippen molar-refractivity contribution in [1.29, 1.82) is 0 Å². The molecule has 0 aliphatic heterocycles. The summed E-state index contributed by atoms with van der Waals surface area (Å²) in [4.78, 5) is 0. The molecule has 0 aromatic carbocycles. The van der Waals surface area contributed by atoms with Crippen LogP contribution in [-0.2, 0) is 17.1 Å². The molecule has 0 radical (unpaired) electrons. The number of hydrogen-bond donors (Lipinski definition) is 1. The van der Waals surface area contributed by atoms with E-state index in [1.807, 2.05) is 0 Å². The Bertz CT molecular complexity index is 47.4. The first-order valence-corrected chi connectivity index (χ1v) is 4.12. The molecule has 0 heterocycles. The van der Waals surface area contributed by atoms with Crippen molar-refractivity contribution in [3.63, 3.8) is 0 Å². The van der Waals surface area contributed by atoms with E-state index in [-0.39, 0.29) is 29.5 Å². The molecule has 0 aromatic heterocycles. The summed E-state index contributed by atoms with van der Waals surface area (Å²) in [7, 11) is 0. The van der Waals surface area contributed by atoms with Crippen molar-refractivity contribution in [3.8, 4) is 0 Å². The fourth-order valence-corrected chi connectivity index (χ4v) is 0.925. The van der Waals surface area contributed by atoms with Crippen molar-refractivity contribution in [2.75, 3.05) is 6.54 Å². The first-order valence-electron chi connectivity index (χ1n) is 4.12. The molecule has 0 bridgehead atoms. The van der Waals surface area contributed by atoms with Crippen LogP contribution < -0.4 is 18.1 Å². The maximum atomic E-state index is 5.34. The molecule has 3 heteroatoms. The van der Waals surface area contributed by atoms with E-state index in [1.165, 1.54) is 38.5 Å². The molecule has 0 saturated heterocycles. The summed E-state index contributed by atoms with van der Waals surface area (Å²) in [5.41, 5.74) is 5.34. The maximum Gasteiger partial charge on any atom is 1.00 e. The van der Waals surface area contributed by atoms with E-state index in [0.29, 0.717) is 0 Å². The second-order valence-electron chi connectivity index (χ2n) is 2.56. The first kappa shape index (κ1) is 17.8. The quantitative estimate of drug-likeness (QED) is 0.472. The monoisotopic (exact) mass is 227 g/mol. The normalized spacial score (nSPS) is 8.18. The predicted molar refractivity (Wildman–Crippen MR) is 42.4 cm³/mol. The van der Waals surface area contributed by atoms with Gasteiger partial charge in [0.15, 0.2) is 0 Å². The van der Waals surface area contributed by atoms with Gasteiger partial charge in [0.05, 0.1) is 0 Å². The van der Waals surface area contributed by atoms with Gasteiger partial charge in [-0.2, -0.15) is 0 Å². The summed E-state index contributed by atoms with van der Waals surface area (Å²) in [6, 6.07) is 0. The number of halogens is 1. The zero-order valence-corrected chi connectivity index (χ0v) is 8.90. The molecule has 0 fully saturated rings. The van der Waals surface area contributed by atoms with Gasteiger partial charge in [-0.25, -0.2) is 0 Å². The van der Waals surface area contributed by atoms with E-state index in [2.05, 4.69) is 6.92 Å².